The zero-order valence-electron chi connectivity index (χ0n) is 21.8. The molecular weight excluding hydrogens is 486 g/mol. The molecule has 208 valence electrons. The number of alkyl carbamates (subject to hydrolysis) is 1. The van der Waals surface area contributed by atoms with Gasteiger partial charge in [-0.25, -0.2) is 9.59 Å². The van der Waals surface area contributed by atoms with E-state index in [1.165, 1.54) is 0 Å². The van der Waals surface area contributed by atoms with Crippen LogP contribution in [-0.2, 0) is 44.7 Å². The molecule has 0 radical (unpaired) electrons. The lowest BCUT2D eigenvalue weighted by Crippen LogP contribution is -2.33. The number of hydrogen-bond donors (Lipinski definition) is 3. The molecule has 0 fully saturated rings. The second kappa shape index (κ2) is 19.0. The number of rotatable bonds is 18. The fourth-order valence-electron chi connectivity index (χ4n) is 2.62. The molecule has 0 saturated heterocycles. The summed E-state index contributed by atoms with van der Waals surface area (Å²) in [7, 11) is 0. The number of hydrogen-bond acceptors (Lipinski definition) is 9. The van der Waals surface area contributed by atoms with Gasteiger partial charge in [-0.3, -0.25) is 9.59 Å². The largest absolute Gasteiger partial charge is 0.458 e. The molecule has 37 heavy (non-hydrogen) atoms. The number of carbonyl (C=O) groups excluding carboxylic acids is 4. The maximum Gasteiger partial charge on any atom is 0.407 e. The van der Waals surface area contributed by atoms with E-state index in [0.29, 0.717) is 0 Å². The highest BCUT2D eigenvalue weighted by molar-refractivity contribution is 5.77. The van der Waals surface area contributed by atoms with Crippen LogP contribution in [-0.4, -0.2) is 88.8 Å². The van der Waals surface area contributed by atoms with Gasteiger partial charge < -0.3 is 39.6 Å². The summed E-state index contributed by atoms with van der Waals surface area (Å²) in [5.74, 6) is -1.02. The van der Waals surface area contributed by atoms with Gasteiger partial charge in [0, 0.05) is 26.1 Å². The van der Waals surface area contributed by atoms with Crippen LogP contribution in [0, 0.1) is 0 Å². The lowest BCUT2D eigenvalue weighted by molar-refractivity contribution is -0.160. The van der Waals surface area contributed by atoms with Gasteiger partial charge in [-0.05, 0) is 26.3 Å². The lowest BCUT2D eigenvalue weighted by atomic mass is 10.2. The van der Waals surface area contributed by atoms with Crippen LogP contribution in [0.25, 0.3) is 0 Å². The third kappa shape index (κ3) is 19.6. The van der Waals surface area contributed by atoms with Crippen molar-refractivity contribution < 1.29 is 42.9 Å². The molecule has 12 nitrogen and oxygen atoms in total. The van der Waals surface area contributed by atoms with Crippen molar-refractivity contribution >= 4 is 23.9 Å². The predicted molar refractivity (Wildman–Crippen MR) is 134 cm³/mol. The fourth-order valence-corrected chi connectivity index (χ4v) is 2.62. The minimum absolute atomic E-state index is 0.155. The highest BCUT2D eigenvalue weighted by atomic mass is 16.6. The van der Waals surface area contributed by atoms with E-state index in [2.05, 4.69) is 16.0 Å². The van der Waals surface area contributed by atoms with Gasteiger partial charge in [0.25, 0.3) is 0 Å². The summed E-state index contributed by atoms with van der Waals surface area (Å²) in [5.41, 5.74) is 0.325. The van der Waals surface area contributed by atoms with Gasteiger partial charge in [0.05, 0.1) is 26.4 Å². The van der Waals surface area contributed by atoms with E-state index in [0.717, 1.165) is 5.56 Å². The third-order valence-corrected chi connectivity index (χ3v) is 4.21. The lowest BCUT2D eigenvalue weighted by Gasteiger charge is -2.19. The Labute approximate surface area is 217 Å². The van der Waals surface area contributed by atoms with Crippen molar-refractivity contribution in [2.24, 2.45) is 0 Å². The molecule has 1 aromatic carbocycles. The molecule has 0 bridgehead atoms. The zero-order valence-corrected chi connectivity index (χ0v) is 21.8. The van der Waals surface area contributed by atoms with Crippen molar-refractivity contribution in [2.75, 3.05) is 59.3 Å². The van der Waals surface area contributed by atoms with E-state index in [4.69, 9.17) is 23.7 Å². The zero-order chi connectivity index (χ0) is 27.4. The summed E-state index contributed by atoms with van der Waals surface area (Å²) < 4.78 is 25.8. The molecule has 12 heteroatoms. The number of nitrogens with one attached hydrogen (secondary N) is 3. The number of benzene rings is 1. The van der Waals surface area contributed by atoms with Gasteiger partial charge in [-0.1, -0.05) is 30.3 Å². The van der Waals surface area contributed by atoms with Crippen molar-refractivity contribution in [1.82, 2.24) is 16.0 Å². The number of carbonyl (C=O) groups is 4. The first-order valence-corrected chi connectivity index (χ1v) is 12.1. The molecule has 0 aliphatic carbocycles. The molecule has 0 aliphatic heterocycles. The second-order valence-corrected chi connectivity index (χ2v) is 8.74. The molecule has 1 rings (SSSR count). The Morgan fingerprint density at radius 2 is 1.32 bits per heavy atom. The van der Waals surface area contributed by atoms with Crippen molar-refractivity contribution in [3.63, 3.8) is 0 Å². The summed E-state index contributed by atoms with van der Waals surface area (Å²) in [5, 5.41) is 7.81. The Morgan fingerprint density at radius 1 is 0.730 bits per heavy atom. The van der Waals surface area contributed by atoms with Crippen LogP contribution >= 0.6 is 0 Å². The van der Waals surface area contributed by atoms with Crippen LogP contribution in [0.5, 0.6) is 0 Å². The van der Waals surface area contributed by atoms with Crippen molar-refractivity contribution in [2.45, 2.75) is 39.4 Å². The number of ether oxygens (including phenoxy) is 5. The van der Waals surface area contributed by atoms with Gasteiger partial charge in [-0.15, -0.1) is 0 Å². The van der Waals surface area contributed by atoms with Crippen molar-refractivity contribution in [3.8, 4) is 0 Å². The normalized spacial score (nSPS) is 10.9. The van der Waals surface area contributed by atoms with Gasteiger partial charge >= 0.3 is 12.1 Å². The topological polar surface area (TPSA) is 151 Å². The van der Waals surface area contributed by atoms with Gasteiger partial charge in [0.15, 0.2) is 0 Å². The first-order valence-electron chi connectivity index (χ1n) is 12.1. The molecular formula is C25H39N3O9. The maximum atomic E-state index is 11.8. The van der Waals surface area contributed by atoms with Crippen molar-refractivity contribution in [3.05, 3.63) is 35.9 Å². The first-order chi connectivity index (χ1) is 17.7. The Hall–Kier alpha value is -3.22. The Morgan fingerprint density at radius 3 is 2.00 bits per heavy atom. The minimum Gasteiger partial charge on any atom is -0.458 e. The summed E-state index contributed by atoms with van der Waals surface area (Å²) in [6.45, 7) is 6.67. The van der Waals surface area contributed by atoms with Gasteiger partial charge in [-0.2, -0.15) is 0 Å². The summed E-state index contributed by atoms with van der Waals surface area (Å²) in [6.07, 6.45) is -0.382. The van der Waals surface area contributed by atoms with Crippen LogP contribution in [0.1, 0.15) is 32.8 Å². The highest BCUT2D eigenvalue weighted by Gasteiger charge is 2.16. The molecule has 0 aromatic heterocycles. The molecule has 0 atom stereocenters. The SMILES string of the molecule is CC(C)(C)OC(=O)COCCNC(=O)COCCNC(=O)CCOCCNC(=O)OCc1ccccc1. The van der Waals surface area contributed by atoms with E-state index in [-0.39, 0.29) is 84.1 Å². The maximum absolute atomic E-state index is 11.8. The molecule has 0 heterocycles. The summed E-state index contributed by atoms with van der Waals surface area (Å²) in [6, 6.07) is 9.34. The van der Waals surface area contributed by atoms with Crippen LogP contribution in [0.4, 0.5) is 4.79 Å². The Kier molecular flexibility index (Phi) is 16.3. The standard InChI is InChI=1S/C25H39N3O9/c1-25(2,3)37-23(31)19-35-16-11-27-22(30)18-34-15-10-26-21(29)9-13-33-14-12-28-24(32)36-17-20-7-5-4-6-8-20/h4-8H,9-19H2,1-3H3,(H,26,29)(H,27,30)(H,28,32). The van der Waals surface area contributed by atoms with Crippen molar-refractivity contribution in [1.29, 1.82) is 0 Å². The summed E-state index contributed by atoms with van der Waals surface area (Å²) >= 11 is 0. The molecule has 0 saturated carbocycles. The van der Waals surface area contributed by atoms with Crippen LogP contribution in [0.3, 0.4) is 0 Å². The molecule has 3 amide bonds. The highest BCUT2D eigenvalue weighted by Crippen LogP contribution is 2.06. The number of amides is 3. The van der Waals surface area contributed by atoms with E-state index < -0.39 is 17.7 Å². The summed E-state index contributed by atoms with van der Waals surface area (Å²) in [4.78, 5) is 46.5. The van der Waals surface area contributed by atoms with Gasteiger partial charge in [0.1, 0.15) is 25.4 Å². The number of esters is 1. The smallest absolute Gasteiger partial charge is 0.407 e. The minimum atomic E-state index is -0.571. The molecule has 0 spiro atoms. The van der Waals surface area contributed by atoms with E-state index in [9.17, 15) is 19.2 Å². The van der Waals surface area contributed by atoms with Crippen LogP contribution in [0.15, 0.2) is 30.3 Å². The Bertz CT molecular complexity index is 813. The molecule has 3 N–H and O–H groups in total. The second-order valence-electron chi connectivity index (χ2n) is 8.74. The molecule has 1 aromatic rings. The molecule has 0 aliphatic rings. The molecule has 0 unspecified atom stereocenters. The average molecular weight is 526 g/mol. The van der Waals surface area contributed by atoms with Crippen LogP contribution < -0.4 is 16.0 Å². The predicted octanol–water partition coefficient (Wildman–Crippen LogP) is 0.927. The monoisotopic (exact) mass is 525 g/mol. The fraction of sp³-hybridized carbons (Fsp3) is 0.600. The van der Waals surface area contributed by atoms with E-state index in [1.807, 2.05) is 30.3 Å². The van der Waals surface area contributed by atoms with E-state index in [1.54, 1.807) is 20.8 Å². The first kappa shape index (κ1) is 31.8. The van der Waals surface area contributed by atoms with Gasteiger partial charge in [0.2, 0.25) is 11.8 Å². The average Bonchev–Trinajstić information content (AvgIpc) is 2.84. The quantitative estimate of drug-likeness (QED) is 0.188. The Balaban J connectivity index is 1.88. The van der Waals surface area contributed by atoms with Crippen LogP contribution in [0.2, 0.25) is 0 Å². The third-order valence-electron chi connectivity index (χ3n) is 4.21. The van der Waals surface area contributed by atoms with E-state index >= 15 is 0 Å².